The van der Waals surface area contributed by atoms with E-state index in [1.165, 1.54) is 11.3 Å². The number of carbonyl (C=O) groups excluding carboxylic acids is 2. The van der Waals surface area contributed by atoms with E-state index in [0.717, 1.165) is 5.56 Å². The first-order valence-corrected chi connectivity index (χ1v) is 9.86. The van der Waals surface area contributed by atoms with Gasteiger partial charge in [0, 0.05) is 16.0 Å². The molecule has 3 rings (SSSR count). The zero-order valence-corrected chi connectivity index (χ0v) is 16.7. The maximum absolute atomic E-state index is 12.5. The van der Waals surface area contributed by atoms with E-state index in [-0.39, 0.29) is 19.1 Å². The van der Waals surface area contributed by atoms with Crippen LogP contribution >= 0.6 is 22.9 Å². The Morgan fingerprint density at radius 2 is 1.79 bits per heavy atom. The molecule has 0 saturated heterocycles. The van der Waals surface area contributed by atoms with Gasteiger partial charge in [-0.05, 0) is 36.8 Å². The molecule has 3 aromatic rings. The number of esters is 1. The van der Waals surface area contributed by atoms with Gasteiger partial charge in [0.15, 0.2) is 6.61 Å². The number of halogens is 1. The van der Waals surface area contributed by atoms with E-state index in [4.69, 9.17) is 21.1 Å². The lowest BCUT2D eigenvalue weighted by Crippen LogP contribution is -2.21. The number of para-hydroxylation sites is 1. The molecular weight excluding hydrogens is 398 g/mol. The Hall–Kier alpha value is -2.83. The number of ether oxygens (including phenoxy) is 2. The normalized spacial score (nSPS) is 10.4. The van der Waals surface area contributed by atoms with Crippen molar-refractivity contribution in [2.45, 2.75) is 6.92 Å². The van der Waals surface area contributed by atoms with Gasteiger partial charge in [0.1, 0.15) is 16.3 Å². The molecule has 144 valence electrons. The largest absolute Gasteiger partial charge is 0.484 e. The fourth-order valence-corrected chi connectivity index (χ4v) is 3.63. The highest BCUT2D eigenvalue weighted by atomic mass is 35.5. The number of hydrogen-bond acceptors (Lipinski definition) is 5. The van der Waals surface area contributed by atoms with Gasteiger partial charge in [-0.1, -0.05) is 41.9 Å². The third-order valence-corrected chi connectivity index (χ3v) is 4.94. The molecule has 0 spiro atoms. The van der Waals surface area contributed by atoms with Crippen LogP contribution in [0.2, 0.25) is 5.02 Å². The van der Waals surface area contributed by atoms with Crippen LogP contribution in [0.25, 0.3) is 11.1 Å². The van der Waals surface area contributed by atoms with Gasteiger partial charge in [0.2, 0.25) is 0 Å². The highest BCUT2D eigenvalue weighted by molar-refractivity contribution is 7.15. The standard InChI is InChI=1S/C21H18ClNO4S/c1-2-26-21(25)19-17(14-8-10-15(22)11-9-14)13-28-20(19)23-18(24)12-27-16-6-4-3-5-7-16/h3-11,13H,2,12H2,1H3,(H,23,24). The SMILES string of the molecule is CCOC(=O)c1c(-c2ccc(Cl)cc2)csc1NC(=O)COc1ccccc1. The van der Waals surface area contributed by atoms with Crippen molar-refractivity contribution in [1.29, 1.82) is 0 Å². The Bertz CT molecular complexity index is 954. The smallest absolute Gasteiger partial charge is 0.341 e. The molecule has 1 heterocycles. The number of anilines is 1. The summed E-state index contributed by atoms with van der Waals surface area (Å²) in [6.07, 6.45) is 0. The van der Waals surface area contributed by atoms with Crippen LogP contribution in [0.15, 0.2) is 60.0 Å². The van der Waals surface area contributed by atoms with Crippen molar-refractivity contribution in [2.24, 2.45) is 0 Å². The lowest BCUT2D eigenvalue weighted by atomic mass is 10.0. The lowest BCUT2D eigenvalue weighted by Gasteiger charge is -2.09. The number of hydrogen-bond donors (Lipinski definition) is 1. The monoisotopic (exact) mass is 415 g/mol. The molecule has 28 heavy (non-hydrogen) atoms. The van der Waals surface area contributed by atoms with Gasteiger partial charge in [-0.3, -0.25) is 4.79 Å². The molecule has 0 unspecified atom stereocenters. The van der Waals surface area contributed by atoms with Crippen molar-refractivity contribution < 1.29 is 19.1 Å². The summed E-state index contributed by atoms with van der Waals surface area (Å²) in [6, 6.07) is 16.2. The van der Waals surface area contributed by atoms with Crippen molar-refractivity contribution in [2.75, 3.05) is 18.5 Å². The molecule has 1 N–H and O–H groups in total. The molecule has 0 atom stereocenters. The predicted octanol–water partition coefficient (Wildman–Crippen LogP) is 5.26. The molecule has 0 radical (unpaired) electrons. The minimum absolute atomic E-state index is 0.166. The molecule has 7 heteroatoms. The van der Waals surface area contributed by atoms with Crippen LogP contribution in [-0.2, 0) is 9.53 Å². The Morgan fingerprint density at radius 1 is 1.07 bits per heavy atom. The van der Waals surface area contributed by atoms with Crippen LogP contribution in [0.4, 0.5) is 5.00 Å². The molecule has 2 aromatic carbocycles. The van der Waals surface area contributed by atoms with Crippen LogP contribution in [0.3, 0.4) is 0 Å². The van der Waals surface area contributed by atoms with E-state index in [0.29, 0.717) is 26.9 Å². The maximum Gasteiger partial charge on any atom is 0.341 e. The van der Waals surface area contributed by atoms with E-state index in [9.17, 15) is 9.59 Å². The highest BCUT2D eigenvalue weighted by Gasteiger charge is 2.23. The Labute approximate surface area is 171 Å². The fraction of sp³-hybridized carbons (Fsp3) is 0.143. The van der Waals surface area contributed by atoms with Crippen molar-refractivity contribution >= 4 is 39.8 Å². The summed E-state index contributed by atoms with van der Waals surface area (Å²) in [5, 5.41) is 5.58. The third kappa shape index (κ3) is 4.91. The summed E-state index contributed by atoms with van der Waals surface area (Å²) in [5.41, 5.74) is 1.81. The van der Waals surface area contributed by atoms with E-state index >= 15 is 0 Å². The van der Waals surface area contributed by atoms with Crippen LogP contribution in [-0.4, -0.2) is 25.1 Å². The average Bonchev–Trinajstić information content (AvgIpc) is 3.11. The number of carbonyl (C=O) groups is 2. The summed E-state index contributed by atoms with van der Waals surface area (Å²) in [4.78, 5) is 24.8. The minimum atomic E-state index is -0.493. The molecule has 5 nitrogen and oxygen atoms in total. The average molecular weight is 416 g/mol. The summed E-state index contributed by atoms with van der Waals surface area (Å²) >= 11 is 7.21. The first kappa shape index (κ1) is 19.9. The molecule has 0 saturated carbocycles. The number of amides is 1. The van der Waals surface area contributed by atoms with E-state index in [1.54, 1.807) is 31.2 Å². The van der Waals surface area contributed by atoms with Gasteiger partial charge >= 0.3 is 5.97 Å². The van der Waals surface area contributed by atoms with Crippen LogP contribution in [0, 0.1) is 0 Å². The minimum Gasteiger partial charge on any atom is -0.484 e. The molecule has 0 fully saturated rings. The molecule has 1 aromatic heterocycles. The number of thiophene rings is 1. The Kier molecular flexibility index (Phi) is 6.68. The second-order valence-electron chi connectivity index (χ2n) is 5.73. The Morgan fingerprint density at radius 3 is 2.46 bits per heavy atom. The molecule has 0 aliphatic carbocycles. The Balaban J connectivity index is 1.80. The van der Waals surface area contributed by atoms with Crippen LogP contribution in [0.5, 0.6) is 5.75 Å². The molecule has 1 amide bonds. The molecule has 0 aliphatic rings. The molecule has 0 bridgehead atoms. The third-order valence-electron chi connectivity index (χ3n) is 3.79. The van der Waals surface area contributed by atoms with Gasteiger partial charge < -0.3 is 14.8 Å². The first-order chi connectivity index (χ1) is 13.6. The van der Waals surface area contributed by atoms with E-state index in [1.807, 2.05) is 35.7 Å². The predicted molar refractivity (Wildman–Crippen MR) is 111 cm³/mol. The zero-order chi connectivity index (χ0) is 19.9. The summed E-state index contributed by atoms with van der Waals surface area (Å²) in [5.74, 6) is -0.261. The summed E-state index contributed by atoms with van der Waals surface area (Å²) in [6.45, 7) is 1.80. The first-order valence-electron chi connectivity index (χ1n) is 8.60. The summed E-state index contributed by atoms with van der Waals surface area (Å²) < 4.78 is 10.6. The summed E-state index contributed by atoms with van der Waals surface area (Å²) in [7, 11) is 0. The fourth-order valence-electron chi connectivity index (χ4n) is 2.53. The number of nitrogens with one attached hydrogen (secondary N) is 1. The van der Waals surface area contributed by atoms with E-state index < -0.39 is 5.97 Å². The number of benzene rings is 2. The van der Waals surface area contributed by atoms with Gasteiger partial charge in [-0.25, -0.2) is 4.79 Å². The van der Waals surface area contributed by atoms with Crippen molar-refractivity contribution in [3.05, 3.63) is 70.6 Å². The zero-order valence-electron chi connectivity index (χ0n) is 15.1. The van der Waals surface area contributed by atoms with Crippen molar-refractivity contribution in [3.63, 3.8) is 0 Å². The highest BCUT2D eigenvalue weighted by Crippen LogP contribution is 2.36. The lowest BCUT2D eigenvalue weighted by molar-refractivity contribution is -0.118. The number of rotatable bonds is 7. The second-order valence-corrected chi connectivity index (χ2v) is 7.05. The van der Waals surface area contributed by atoms with Crippen molar-refractivity contribution in [3.8, 4) is 16.9 Å². The van der Waals surface area contributed by atoms with Crippen LogP contribution in [0.1, 0.15) is 17.3 Å². The van der Waals surface area contributed by atoms with Gasteiger partial charge in [0.05, 0.1) is 6.61 Å². The van der Waals surface area contributed by atoms with E-state index in [2.05, 4.69) is 5.32 Å². The maximum atomic E-state index is 12.5. The van der Waals surface area contributed by atoms with Crippen LogP contribution < -0.4 is 10.1 Å². The van der Waals surface area contributed by atoms with Gasteiger partial charge in [-0.2, -0.15) is 0 Å². The quantitative estimate of drug-likeness (QED) is 0.534. The van der Waals surface area contributed by atoms with Crippen molar-refractivity contribution in [1.82, 2.24) is 0 Å². The van der Waals surface area contributed by atoms with Gasteiger partial charge in [-0.15, -0.1) is 11.3 Å². The topological polar surface area (TPSA) is 64.6 Å². The second kappa shape index (κ2) is 9.39. The molecule has 0 aliphatic heterocycles. The van der Waals surface area contributed by atoms with Gasteiger partial charge in [0.25, 0.3) is 5.91 Å². The molecular formula is C21H18ClNO4S.